The maximum Gasteiger partial charge on any atom is 0.204 e. The van der Waals surface area contributed by atoms with E-state index in [2.05, 4.69) is 4.90 Å². The molecule has 0 aliphatic rings. The van der Waals surface area contributed by atoms with Gasteiger partial charge in [0.1, 0.15) is 5.82 Å². The summed E-state index contributed by atoms with van der Waals surface area (Å²) in [6.45, 7) is 1.06. The molecule has 3 aromatic carbocycles. The average molecular weight is 465 g/mol. The zero-order valence-corrected chi connectivity index (χ0v) is 19.6. The quantitative estimate of drug-likeness (QED) is 0.331. The van der Waals surface area contributed by atoms with Gasteiger partial charge in [-0.25, -0.2) is 9.07 Å². The van der Waals surface area contributed by atoms with Crippen molar-refractivity contribution in [2.45, 2.75) is 13.2 Å². The van der Waals surface area contributed by atoms with Crippen molar-refractivity contribution in [1.29, 1.82) is 0 Å². The molecule has 0 amide bonds. The zero-order valence-electron chi connectivity index (χ0n) is 18.7. The molecule has 4 aromatic rings. The molecule has 0 N–H and O–H groups in total. The minimum absolute atomic E-state index is 0.347. The first-order valence-electron chi connectivity index (χ1n) is 10.4. The number of benzene rings is 3. The van der Waals surface area contributed by atoms with Crippen molar-refractivity contribution in [3.8, 4) is 28.6 Å². The van der Waals surface area contributed by atoms with E-state index in [1.54, 1.807) is 41.7 Å². The lowest BCUT2D eigenvalue weighted by Gasteiger charge is -2.17. The van der Waals surface area contributed by atoms with Crippen molar-refractivity contribution in [3.05, 3.63) is 88.9 Å². The van der Waals surface area contributed by atoms with Crippen LogP contribution in [0, 0.1) is 10.6 Å². The molecule has 170 valence electrons. The maximum absolute atomic E-state index is 14.7. The largest absolute Gasteiger partial charge is 0.493 e. The van der Waals surface area contributed by atoms with E-state index in [9.17, 15) is 4.39 Å². The Morgan fingerprint density at radius 2 is 1.64 bits per heavy atom. The van der Waals surface area contributed by atoms with E-state index >= 15 is 0 Å². The topological polar surface area (TPSA) is 44.5 Å². The Morgan fingerprint density at radius 1 is 0.939 bits per heavy atom. The maximum atomic E-state index is 14.7. The Balaban J connectivity index is 1.67. The fourth-order valence-electron chi connectivity index (χ4n) is 3.70. The van der Waals surface area contributed by atoms with E-state index in [-0.39, 0.29) is 5.82 Å². The van der Waals surface area contributed by atoms with E-state index in [4.69, 9.17) is 26.8 Å². The molecule has 8 heteroatoms. The van der Waals surface area contributed by atoms with Crippen molar-refractivity contribution < 1.29 is 13.9 Å². The highest BCUT2D eigenvalue weighted by Crippen LogP contribution is 2.28. The van der Waals surface area contributed by atoms with Crippen molar-refractivity contribution in [2.24, 2.45) is 0 Å². The molecule has 0 aliphatic carbocycles. The summed E-state index contributed by atoms with van der Waals surface area (Å²) < 4.78 is 29.4. The van der Waals surface area contributed by atoms with Crippen LogP contribution in [0.4, 0.5) is 4.39 Å². The van der Waals surface area contributed by atoms with Gasteiger partial charge in [0.15, 0.2) is 17.3 Å². The van der Waals surface area contributed by atoms with Crippen LogP contribution < -0.4 is 9.47 Å². The first kappa shape index (κ1) is 22.7. The third-order valence-corrected chi connectivity index (χ3v) is 5.64. The normalized spacial score (nSPS) is 11.1. The number of rotatable bonds is 8. The minimum atomic E-state index is -0.347. The number of ether oxygens (including phenoxy) is 2. The molecule has 0 saturated carbocycles. The average Bonchev–Trinajstić information content (AvgIpc) is 3.15. The number of halogens is 1. The molecule has 0 fully saturated rings. The molecule has 0 bridgehead atoms. The summed E-state index contributed by atoms with van der Waals surface area (Å²) in [6.07, 6.45) is 0. The van der Waals surface area contributed by atoms with Gasteiger partial charge in [-0.1, -0.05) is 36.4 Å². The highest BCUT2D eigenvalue weighted by molar-refractivity contribution is 7.71. The predicted octanol–water partition coefficient (Wildman–Crippen LogP) is 5.32. The number of hydrogen-bond donors (Lipinski definition) is 0. The molecule has 6 nitrogen and oxygen atoms in total. The second-order valence-electron chi connectivity index (χ2n) is 7.60. The van der Waals surface area contributed by atoms with Gasteiger partial charge in [0.2, 0.25) is 4.77 Å². The third-order valence-electron chi connectivity index (χ3n) is 5.24. The summed E-state index contributed by atoms with van der Waals surface area (Å²) in [4.78, 5) is 2.07. The fraction of sp³-hybridized carbons (Fsp3) is 0.200. The zero-order chi connectivity index (χ0) is 23.4. The number of nitrogens with zero attached hydrogens (tertiary/aromatic N) is 4. The Labute approximate surface area is 197 Å². The smallest absolute Gasteiger partial charge is 0.204 e. The monoisotopic (exact) mass is 464 g/mol. The predicted molar refractivity (Wildman–Crippen MR) is 129 cm³/mol. The number of methoxy groups -OCH3 is 2. The molecule has 0 atom stereocenters. The Hall–Kier alpha value is -3.49. The summed E-state index contributed by atoms with van der Waals surface area (Å²) in [5.41, 5.74) is 2.28. The summed E-state index contributed by atoms with van der Waals surface area (Å²) in [5.74, 6) is 1.47. The lowest BCUT2D eigenvalue weighted by atomic mass is 10.2. The first-order valence-corrected chi connectivity index (χ1v) is 10.8. The van der Waals surface area contributed by atoms with Crippen LogP contribution in [0.25, 0.3) is 17.1 Å². The third kappa shape index (κ3) is 4.81. The molecule has 0 aliphatic heterocycles. The Kier molecular flexibility index (Phi) is 6.86. The van der Waals surface area contributed by atoms with Gasteiger partial charge in [0, 0.05) is 12.2 Å². The molecule has 33 heavy (non-hydrogen) atoms. The van der Waals surface area contributed by atoms with Gasteiger partial charge in [-0.3, -0.25) is 9.47 Å². The molecule has 4 rings (SSSR count). The molecule has 1 heterocycles. The van der Waals surface area contributed by atoms with E-state index in [1.165, 1.54) is 6.07 Å². The van der Waals surface area contributed by atoms with Gasteiger partial charge >= 0.3 is 0 Å². The van der Waals surface area contributed by atoms with E-state index in [0.29, 0.717) is 40.9 Å². The Bertz CT molecular complexity index is 1300. The van der Waals surface area contributed by atoms with Gasteiger partial charge in [-0.2, -0.15) is 0 Å². The van der Waals surface area contributed by atoms with Crippen LogP contribution in [0.3, 0.4) is 0 Å². The molecule has 0 saturated heterocycles. The van der Waals surface area contributed by atoms with Gasteiger partial charge < -0.3 is 9.47 Å². The lowest BCUT2D eigenvalue weighted by molar-refractivity contribution is 0.243. The highest BCUT2D eigenvalue weighted by atomic mass is 32.1. The van der Waals surface area contributed by atoms with Crippen LogP contribution in [-0.4, -0.2) is 40.5 Å². The summed E-state index contributed by atoms with van der Waals surface area (Å²) in [7, 11) is 5.20. The number of aromatic nitrogens is 3. The van der Waals surface area contributed by atoms with Gasteiger partial charge in [-0.15, -0.1) is 5.10 Å². The summed E-state index contributed by atoms with van der Waals surface area (Å²) >= 11 is 5.77. The van der Waals surface area contributed by atoms with Crippen molar-refractivity contribution >= 4 is 12.2 Å². The second-order valence-corrected chi connectivity index (χ2v) is 7.97. The number of hydrogen-bond acceptors (Lipinski definition) is 5. The standard InChI is InChI=1S/C25H25FN4O2S/c1-28(16-18-13-14-22(31-2)23(15-18)32-3)17-29-25(33)30(19-9-5-4-6-10-19)24(27-29)20-11-7-8-12-21(20)26/h4-15H,16-17H2,1-3H3. The van der Waals surface area contributed by atoms with Crippen LogP contribution >= 0.6 is 12.2 Å². The van der Waals surface area contributed by atoms with Crippen LogP contribution in [-0.2, 0) is 13.2 Å². The fourth-order valence-corrected chi connectivity index (χ4v) is 3.99. The first-order chi connectivity index (χ1) is 16.0. The molecular formula is C25H25FN4O2S. The lowest BCUT2D eigenvalue weighted by Crippen LogP contribution is -2.22. The van der Waals surface area contributed by atoms with Crippen molar-refractivity contribution in [2.75, 3.05) is 21.3 Å². The van der Waals surface area contributed by atoms with E-state index in [0.717, 1.165) is 11.3 Å². The van der Waals surface area contributed by atoms with Crippen LogP contribution in [0.2, 0.25) is 0 Å². The van der Waals surface area contributed by atoms with Crippen molar-refractivity contribution in [1.82, 2.24) is 19.2 Å². The second kappa shape index (κ2) is 9.97. The minimum Gasteiger partial charge on any atom is -0.493 e. The van der Waals surface area contributed by atoms with Crippen LogP contribution in [0.1, 0.15) is 5.56 Å². The molecular weight excluding hydrogens is 439 g/mol. The SMILES string of the molecule is COc1ccc(CN(C)Cn2nc(-c3ccccc3F)n(-c3ccccc3)c2=S)cc1OC. The van der Waals surface area contributed by atoms with E-state index < -0.39 is 0 Å². The molecule has 0 spiro atoms. The van der Waals surface area contributed by atoms with E-state index in [1.807, 2.05) is 55.6 Å². The van der Waals surface area contributed by atoms with Gasteiger partial charge in [0.05, 0.1) is 26.5 Å². The Morgan fingerprint density at radius 3 is 2.33 bits per heavy atom. The molecule has 0 radical (unpaired) electrons. The summed E-state index contributed by atoms with van der Waals surface area (Å²) in [5, 5.41) is 4.71. The number of para-hydroxylation sites is 1. The van der Waals surface area contributed by atoms with Crippen LogP contribution in [0.5, 0.6) is 11.5 Å². The van der Waals surface area contributed by atoms with Gasteiger partial charge in [0.25, 0.3) is 0 Å². The molecule has 0 unspecified atom stereocenters. The van der Waals surface area contributed by atoms with Crippen LogP contribution in [0.15, 0.2) is 72.8 Å². The molecule has 1 aromatic heterocycles. The van der Waals surface area contributed by atoms with Crippen molar-refractivity contribution in [3.63, 3.8) is 0 Å². The highest BCUT2D eigenvalue weighted by Gasteiger charge is 2.18. The summed E-state index contributed by atoms with van der Waals surface area (Å²) in [6, 6.07) is 22.0. The van der Waals surface area contributed by atoms with Gasteiger partial charge in [-0.05, 0) is 61.2 Å².